The smallest absolute Gasteiger partial charge is 0.486 e. The summed E-state index contributed by atoms with van der Waals surface area (Å²) in [5.74, 6) is -4.48. The number of aromatic nitrogens is 5. The number of carbonyl (C=O) groups excluding carboxylic acids is 1. The third kappa shape index (κ3) is 8.53. The van der Waals surface area contributed by atoms with Crippen molar-refractivity contribution in [2.45, 2.75) is 56.5 Å². The second-order valence-electron chi connectivity index (χ2n) is 8.85. The van der Waals surface area contributed by atoms with E-state index in [2.05, 4.69) is 35.9 Å². The summed E-state index contributed by atoms with van der Waals surface area (Å²) >= 11 is 0. The number of hydrogen-bond donors (Lipinski definition) is 3. The Balaban J connectivity index is 0.000000493. The minimum atomic E-state index is -5.08. The quantitative estimate of drug-likeness (QED) is 0.329. The Labute approximate surface area is 225 Å². The van der Waals surface area contributed by atoms with Crippen molar-refractivity contribution in [3.63, 3.8) is 0 Å². The van der Waals surface area contributed by atoms with Crippen LogP contribution in [0.25, 0.3) is 11.5 Å². The molecule has 3 heterocycles. The fraction of sp³-hybridized carbons (Fsp3) is 0.455. The van der Waals surface area contributed by atoms with Gasteiger partial charge >= 0.3 is 30.3 Å². The lowest BCUT2D eigenvalue weighted by molar-refractivity contribution is -0.275. The van der Waals surface area contributed by atoms with Crippen LogP contribution in [-0.4, -0.2) is 79.4 Å². The molecule has 19 heteroatoms. The summed E-state index contributed by atoms with van der Waals surface area (Å²) in [6.07, 6.45) is -4.78. The van der Waals surface area contributed by atoms with Crippen molar-refractivity contribution in [2.24, 2.45) is 0 Å². The van der Waals surface area contributed by atoms with Crippen LogP contribution in [0.1, 0.15) is 29.9 Å². The number of rotatable bonds is 8. The molecule has 1 saturated carbocycles. The first-order valence-corrected chi connectivity index (χ1v) is 11.9. The molecule has 0 bridgehead atoms. The Morgan fingerprint density at radius 1 is 1.17 bits per heavy atom. The Morgan fingerprint density at radius 2 is 1.90 bits per heavy atom. The van der Waals surface area contributed by atoms with Gasteiger partial charge in [0.1, 0.15) is 0 Å². The number of benzene rings is 1. The van der Waals surface area contributed by atoms with Crippen molar-refractivity contribution in [1.82, 2.24) is 35.8 Å². The SMILES string of the molecule is O=C(N[C@H]1CN[C@H](Cn2ccnn2)C1)c1nnc(-c2cccc(OC(F)(F)F)c2OC2CC2)o1.O=C(O)C(F)(F)F. The molecule has 1 aromatic carbocycles. The van der Waals surface area contributed by atoms with Gasteiger partial charge in [0.25, 0.3) is 5.89 Å². The molecular weight excluding hydrogens is 572 g/mol. The molecule has 222 valence electrons. The third-order valence-electron chi connectivity index (χ3n) is 5.54. The highest BCUT2D eigenvalue weighted by atomic mass is 19.4. The normalized spacial score (nSPS) is 18.8. The van der Waals surface area contributed by atoms with Crippen LogP contribution in [-0.2, 0) is 11.3 Å². The molecule has 2 aliphatic rings. The molecule has 1 aliphatic heterocycles. The Hall–Kier alpha value is -4.42. The average Bonchev–Trinajstić information content (AvgIpc) is 3.26. The van der Waals surface area contributed by atoms with Gasteiger partial charge in [0.2, 0.25) is 0 Å². The highest BCUT2D eigenvalue weighted by molar-refractivity contribution is 5.90. The molecule has 0 unspecified atom stereocenters. The molecule has 3 aromatic rings. The number of amides is 1. The summed E-state index contributed by atoms with van der Waals surface area (Å²) in [4.78, 5) is 21.5. The van der Waals surface area contributed by atoms with Gasteiger partial charge in [-0.3, -0.25) is 9.48 Å². The zero-order chi connectivity index (χ0) is 29.8. The lowest BCUT2D eigenvalue weighted by Gasteiger charge is -2.15. The van der Waals surface area contributed by atoms with Crippen molar-refractivity contribution in [1.29, 1.82) is 0 Å². The van der Waals surface area contributed by atoms with E-state index in [0.717, 1.165) is 6.07 Å². The maximum Gasteiger partial charge on any atom is 0.573 e. The van der Waals surface area contributed by atoms with Gasteiger partial charge in [-0.25, -0.2) is 4.79 Å². The molecule has 1 amide bonds. The Bertz CT molecular complexity index is 1340. The largest absolute Gasteiger partial charge is 0.573 e. The molecule has 41 heavy (non-hydrogen) atoms. The topological polar surface area (TPSA) is 167 Å². The number of alkyl halides is 6. The number of nitrogens with zero attached hydrogens (tertiary/aromatic N) is 5. The number of carboxylic acid groups (broad SMARTS) is 1. The van der Waals surface area contributed by atoms with E-state index in [1.54, 1.807) is 17.1 Å². The van der Waals surface area contributed by atoms with E-state index in [1.807, 2.05) is 0 Å². The summed E-state index contributed by atoms with van der Waals surface area (Å²) in [6, 6.07) is 3.88. The number of hydrogen-bond acceptors (Lipinski definition) is 10. The molecule has 0 radical (unpaired) electrons. The molecule has 1 saturated heterocycles. The van der Waals surface area contributed by atoms with Gasteiger partial charge in [0.15, 0.2) is 11.5 Å². The van der Waals surface area contributed by atoms with E-state index < -0.39 is 30.2 Å². The van der Waals surface area contributed by atoms with Gasteiger partial charge in [0.05, 0.1) is 24.4 Å². The highest BCUT2D eigenvalue weighted by Gasteiger charge is 2.38. The van der Waals surface area contributed by atoms with E-state index in [0.29, 0.717) is 32.4 Å². The summed E-state index contributed by atoms with van der Waals surface area (Å²) in [7, 11) is 0. The minimum Gasteiger partial charge on any atom is -0.486 e. The molecule has 2 aromatic heterocycles. The van der Waals surface area contributed by atoms with Crippen LogP contribution in [0.15, 0.2) is 35.0 Å². The van der Waals surface area contributed by atoms with Crippen LogP contribution in [0.5, 0.6) is 11.5 Å². The van der Waals surface area contributed by atoms with Gasteiger partial charge in [-0.05, 0) is 31.4 Å². The monoisotopic (exact) mass is 593 g/mol. The zero-order valence-electron chi connectivity index (χ0n) is 20.6. The first-order chi connectivity index (χ1) is 19.3. The lowest BCUT2D eigenvalue weighted by atomic mass is 10.1. The standard InChI is InChI=1S/C20H20F3N7O4.C2HF3O2/c21-20(22,23)34-15-3-1-2-14(16(15)32-13-4-5-13)18-27-28-19(33-18)17(31)26-11-8-12(24-9-11)10-30-7-6-25-29-30;3-2(4,5)1(6)7/h1-3,6-7,11-13,24H,4-5,8-10H2,(H,26,31);(H,6,7)/t11-,12+;/m1./s1. The van der Waals surface area contributed by atoms with Crippen molar-refractivity contribution >= 4 is 11.9 Å². The van der Waals surface area contributed by atoms with E-state index in [4.69, 9.17) is 19.1 Å². The van der Waals surface area contributed by atoms with Gasteiger partial charge in [-0.2, -0.15) is 13.2 Å². The molecule has 3 N–H and O–H groups in total. The van der Waals surface area contributed by atoms with Crippen molar-refractivity contribution in [3.8, 4) is 23.0 Å². The second-order valence-corrected chi connectivity index (χ2v) is 8.85. The maximum atomic E-state index is 12.9. The Morgan fingerprint density at radius 3 is 2.51 bits per heavy atom. The van der Waals surface area contributed by atoms with E-state index in [1.165, 1.54) is 12.1 Å². The predicted octanol–water partition coefficient (Wildman–Crippen LogP) is 2.56. The minimum absolute atomic E-state index is 0.101. The number of nitrogens with one attached hydrogen (secondary N) is 2. The molecule has 5 rings (SSSR count). The van der Waals surface area contributed by atoms with Gasteiger partial charge in [-0.15, -0.1) is 28.5 Å². The van der Waals surface area contributed by atoms with E-state index in [9.17, 15) is 31.1 Å². The van der Waals surface area contributed by atoms with Crippen LogP contribution in [0.2, 0.25) is 0 Å². The third-order valence-corrected chi connectivity index (χ3v) is 5.54. The fourth-order valence-electron chi connectivity index (χ4n) is 3.66. The van der Waals surface area contributed by atoms with Crippen molar-refractivity contribution < 1.29 is 54.9 Å². The summed E-state index contributed by atoms with van der Waals surface area (Å²) in [6.45, 7) is 1.15. The van der Waals surface area contributed by atoms with Crippen LogP contribution < -0.4 is 20.1 Å². The molecule has 2 atom stereocenters. The molecule has 0 spiro atoms. The molecular formula is C22H21F6N7O6. The highest BCUT2D eigenvalue weighted by Crippen LogP contribution is 2.43. The average molecular weight is 593 g/mol. The molecule has 1 aliphatic carbocycles. The van der Waals surface area contributed by atoms with Gasteiger partial charge in [0, 0.05) is 24.8 Å². The molecule has 2 fully saturated rings. The summed E-state index contributed by atoms with van der Waals surface area (Å²) in [5.41, 5.74) is 0.107. The van der Waals surface area contributed by atoms with E-state index in [-0.39, 0.29) is 41.3 Å². The number of carbonyl (C=O) groups is 2. The van der Waals surface area contributed by atoms with Crippen LogP contribution in [0, 0.1) is 0 Å². The summed E-state index contributed by atoms with van der Waals surface area (Å²) in [5, 5.41) is 28.5. The summed E-state index contributed by atoms with van der Waals surface area (Å²) < 4.78 is 87.2. The van der Waals surface area contributed by atoms with Crippen LogP contribution >= 0.6 is 0 Å². The van der Waals surface area contributed by atoms with Crippen molar-refractivity contribution in [2.75, 3.05) is 6.54 Å². The molecule has 13 nitrogen and oxygen atoms in total. The van der Waals surface area contributed by atoms with Gasteiger partial charge in [-0.1, -0.05) is 11.3 Å². The first kappa shape index (κ1) is 29.6. The predicted molar refractivity (Wildman–Crippen MR) is 121 cm³/mol. The maximum absolute atomic E-state index is 12.9. The van der Waals surface area contributed by atoms with Crippen LogP contribution in [0.4, 0.5) is 26.3 Å². The lowest BCUT2D eigenvalue weighted by Crippen LogP contribution is -2.36. The first-order valence-electron chi connectivity index (χ1n) is 11.9. The zero-order valence-corrected chi connectivity index (χ0v) is 20.6. The number of halogens is 6. The number of para-hydroxylation sites is 1. The second kappa shape index (κ2) is 12.0. The van der Waals surface area contributed by atoms with Gasteiger partial charge < -0.3 is 29.6 Å². The van der Waals surface area contributed by atoms with E-state index >= 15 is 0 Å². The fourth-order valence-corrected chi connectivity index (χ4v) is 3.66. The number of aliphatic carboxylic acids is 1. The Kier molecular flexibility index (Phi) is 8.64. The van der Waals surface area contributed by atoms with Crippen molar-refractivity contribution in [3.05, 3.63) is 36.5 Å². The number of ether oxygens (including phenoxy) is 2. The van der Waals surface area contributed by atoms with Crippen LogP contribution in [0.3, 0.4) is 0 Å². The number of carboxylic acids is 1.